The molecule has 19 heavy (non-hydrogen) atoms. The largest absolute Gasteiger partial charge is 0.464 e. The van der Waals surface area contributed by atoms with Crippen LogP contribution in [0.1, 0.15) is 34.0 Å². The highest BCUT2D eigenvalue weighted by molar-refractivity contribution is 7.17. The van der Waals surface area contributed by atoms with Crippen molar-refractivity contribution < 1.29 is 19.1 Å². The van der Waals surface area contributed by atoms with E-state index < -0.39 is 5.97 Å². The van der Waals surface area contributed by atoms with Crippen molar-refractivity contribution in [3.63, 3.8) is 0 Å². The summed E-state index contributed by atoms with van der Waals surface area (Å²) < 4.78 is 10.0. The predicted molar refractivity (Wildman–Crippen MR) is 71.1 cm³/mol. The first-order valence-corrected chi connectivity index (χ1v) is 6.80. The molecule has 2 heterocycles. The highest BCUT2D eigenvalue weighted by Crippen LogP contribution is 2.29. The van der Waals surface area contributed by atoms with Gasteiger partial charge in [0.05, 0.1) is 26.4 Å². The second-order valence-corrected chi connectivity index (χ2v) is 5.32. The Morgan fingerprint density at radius 1 is 1.53 bits per heavy atom. The number of carbonyl (C=O) groups is 2. The number of hydrogen-bond acceptors (Lipinski definition) is 7. The van der Waals surface area contributed by atoms with Crippen molar-refractivity contribution in [1.29, 1.82) is 0 Å². The van der Waals surface area contributed by atoms with E-state index in [4.69, 9.17) is 4.74 Å². The first kappa shape index (κ1) is 14.0. The molecule has 6 nitrogen and oxygen atoms in total. The number of esters is 1. The maximum Gasteiger partial charge on any atom is 0.358 e. The van der Waals surface area contributed by atoms with Crippen molar-refractivity contribution in [3.8, 4) is 0 Å². The number of morpholine rings is 1. The average Bonchev–Trinajstić information content (AvgIpc) is 2.83. The molecule has 104 valence electrons. The fourth-order valence-corrected chi connectivity index (χ4v) is 2.99. The van der Waals surface area contributed by atoms with Gasteiger partial charge in [0.15, 0.2) is 16.6 Å². The van der Waals surface area contributed by atoms with Gasteiger partial charge in [0.1, 0.15) is 4.88 Å². The molecule has 1 aliphatic rings. The van der Waals surface area contributed by atoms with Crippen LogP contribution in [-0.4, -0.2) is 49.6 Å². The Balaban J connectivity index is 2.36. The fraction of sp³-hybridized carbons (Fsp3) is 0.583. The van der Waals surface area contributed by atoms with Crippen LogP contribution in [0.5, 0.6) is 0 Å². The standard InChI is InChI=1S/C12H16N2O4S/c1-7-6-18-5-4-14(7)12-13-9(11(16)17-3)10(19-12)8(2)15/h7H,4-6H2,1-3H3. The van der Waals surface area contributed by atoms with Crippen LogP contribution in [0, 0.1) is 0 Å². The second kappa shape index (κ2) is 5.66. The normalized spacial score (nSPS) is 19.3. The van der Waals surface area contributed by atoms with Crippen molar-refractivity contribution in [2.75, 3.05) is 31.8 Å². The number of nitrogens with zero attached hydrogens (tertiary/aromatic N) is 2. The Morgan fingerprint density at radius 2 is 2.26 bits per heavy atom. The molecule has 7 heteroatoms. The van der Waals surface area contributed by atoms with Gasteiger partial charge in [-0.2, -0.15) is 0 Å². The molecule has 0 aromatic carbocycles. The maximum absolute atomic E-state index is 11.6. The van der Waals surface area contributed by atoms with Gasteiger partial charge in [-0.25, -0.2) is 9.78 Å². The van der Waals surface area contributed by atoms with Crippen molar-refractivity contribution in [2.45, 2.75) is 19.9 Å². The van der Waals surface area contributed by atoms with E-state index in [0.29, 0.717) is 29.8 Å². The molecule has 0 spiro atoms. The minimum atomic E-state index is -0.575. The van der Waals surface area contributed by atoms with Crippen LogP contribution in [0.2, 0.25) is 0 Å². The molecule has 0 N–H and O–H groups in total. The Hall–Kier alpha value is -1.47. The van der Waals surface area contributed by atoms with E-state index in [1.54, 1.807) is 0 Å². The van der Waals surface area contributed by atoms with E-state index in [1.165, 1.54) is 25.4 Å². The first-order valence-electron chi connectivity index (χ1n) is 5.99. The second-order valence-electron chi connectivity index (χ2n) is 4.34. The number of Topliss-reactive ketones (excluding diaryl/α,β-unsaturated/α-hetero) is 1. The zero-order chi connectivity index (χ0) is 14.0. The van der Waals surface area contributed by atoms with Gasteiger partial charge in [0, 0.05) is 13.5 Å². The highest BCUT2D eigenvalue weighted by Gasteiger charge is 2.27. The summed E-state index contributed by atoms with van der Waals surface area (Å²) >= 11 is 1.23. The molecule has 1 atom stereocenters. The third kappa shape index (κ3) is 2.76. The molecule has 1 aromatic rings. The van der Waals surface area contributed by atoms with Gasteiger partial charge in [-0.05, 0) is 6.92 Å². The molecule has 0 aliphatic carbocycles. The molecule has 0 radical (unpaired) electrons. The maximum atomic E-state index is 11.6. The first-order chi connectivity index (χ1) is 9.04. The minimum Gasteiger partial charge on any atom is -0.464 e. The van der Waals surface area contributed by atoms with Crippen LogP contribution in [0.4, 0.5) is 5.13 Å². The zero-order valence-corrected chi connectivity index (χ0v) is 12.0. The average molecular weight is 284 g/mol. The molecule has 2 rings (SSSR count). The molecular weight excluding hydrogens is 268 g/mol. The van der Waals surface area contributed by atoms with Crippen LogP contribution in [0.25, 0.3) is 0 Å². The van der Waals surface area contributed by atoms with Crippen molar-refractivity contribution >= 4 is 28.2 Å². The smallest absolute Gasteiger partial charge is 0.358 e. The van der Waals surface area contributed by atoms with E-state index in [0.717, 1.165) is 0 Å². The van der Waals surface area contributed by atoms with Gasteiger partial charge in [-0.3, -0.25) is 4.79 Å². The topological polar surface area (TPSA) is 68.7 Å². The molecule has 0 bridgehead atoms. The van der Waals surface area contributed by atoms with Gasteiger partial charge >= 0.3 is 5.97 Å². The molecule has 1 aromatic heterocycles. The fourth-order valence-electron chi connectivity index (χ4n) is 1.92. The van der Waals surface area contributed by atoms with Gasteiger partial charge in [0.25, 0.3) is 0 Å². The lowest BCUT2D eigenvalue weighted by Gasteiger charge is -2.32. The summed E-state index contributed by atoms with van der Waals surface area (Å²) in [6.07, 6.45) is 0. The zero-order valence-electron chi connectivity index (χ0n) is 11.1. The molecular formula is C12H16N2O4S. The summed E-state index contributed by atoms with van der Waals surface area (Å²) in [5, 5.41) is 0.668. The van der Waals surface area contributed by atoms with Crippen molar-refractivity contribution in [3.05, 3.63) is 10.6 Å². The van der Waals surface area contributed by atoms with Crippen LogP contribution in [0.3, 0.4) is 0 Å². The van der Waals surface area contributed by atoms with E-state index in [1.807, 2.05) is 11.8 Å². The van der Waals surface area contributed by atoms with Crippen LogP contribution >= 0.6 is 11.3 Å². The van der Waals surface area contributed by atoms with Gasteiger partial charge in [-0.15, -0.1) is 0 Å². The summed E-state index contributed by atoms with van der Waals surface area (Å²) in [6.45, 7) is 5.38. The van der Waals surface area contributed by atoms with E-state index in [9.17, 15) is 9.59 Å². The molecule has 0 amide bonds. The lowest BCUT2D eigenvalue weighted by Crippen LogP contribution is -2.43. The summed E-state index contributed by atoms with van der Waals surface area (Å²) in [7, 11) is 1.28. The Morgan fingerprint density at radius 3 is 2.84 bits per heavy atom. The Labute approximate surface area is 115 Å². The third-order valence-corrected chi connectivity index (χ3v) is 4.12. The Bertz CT molecular complexity index is 500. The molecule has 0 saturated carbocycles. The highest BCUT2D eigenvalue weighted by atomic mass is 32.1. The van der Waals surface area contributed by atoms with Crippen molar-refractivity contribution in [2.24, 2.45) is 0 Å². The van der Waals surface area contributed by atoms with E-state index in [2.05, 4.69) is 9.72 Å². The summed E-state index contributed by atoms with van der Waals surface area (Å²) in [5.41, 5.74) is 0.105. The number of methoxy groups -OCH3 is 1. The van der Waals surface area contributed by atoms with E-state index in [-0.39, 0.29) is 17.5 Å². The molecule has 1 saturated heterocycles. The van der Waals surface area contributed by atoms with E-state index >= 15 is 0 Å². The molecule has 1 unspecified atom stereocenters. The number of carbonyl (C=O) groups excluding carboxylic acids is 2. The number of anilines is 1. The number of hydrogen-bond donors (Lipinski definition) is 0. The SMILES string of the molecule is COC(=O)c1nc(N2CCOCC2C)sc1C(C)=O. The number of ketones is 1. The van der Waals surface area contributed by atoms with Gasteiger partial charge in [-0.1, -0.05) is 11.3 Å². The lowest BCUT2D eigenvalue weighted by molar-refractivity contribution is 0.0591. The third-order valence-electron chi connectivity index (χ3n) is 2.93. The number of aromatic nitrogens is 1. The molecule has 1 aliphatic heterocycles. The monoisotopic (exact) mass is 284 g/mol. The predicted octanol–water partition coefficient (Wildman–Crippen LogP) is 1.36. The van der Waals surface area contributed by atoms with Crippen LogP contribution in [-0.2, 0) is 9.47 Å². The van der Waals surface area contributed by atoms with Crippen LogP contribution in [0.15, 0.2) is 0 Å². The molecule has 1 fully saturated rings. The summed E-state index contributed by atoms with van der Waals surface area (Å²) in [4.78, 5) is 29.9. The lowest BCUT2D eigenvalue weighted by atomic mass is 10.3. The van der Waals surface area contributed by atoms with Gasteiger partial charge in [0.2, 0.25) is 0 Å². The number of rotatable bonds is 3. The van der Waals surface area contributed by atoms with Crippen molar-refractivity contribution in [1.82, 2.24) is 4.98 Å². The Kier molecular flexibility index (Phi) is 4.16. The minimum absolute atomic E-state index is 0.105. The summed E-state index contributed by atoms with van der Waals surface area (Å²) in [5.74, 6) is -0.751. The van der Waals surface area contributed by atoms with Crippen LogP contribution < -0.4 is 4.90 Å². The quantitative estimate of drug-likeness (QED) is 0.616. The number of thiazole rings is 1. The summed E-state index contributed by atoms with van der Waals surface area (Å²) in [6, 6.07) is 0.171. The van der Waals surface area contributed by atoms with Gasteiger partial charge < -0.3 is 14.4 Å². The number of ether oxygens (including phenoxy) is 2.